The van der Waals surface area contributed by atoms with Crippen molar-refractivity contribution in [3.63, 3.8) is 0 Å². The van der Waals surface area contributed by atoms with Crippen LogP contribution in [0.3, 0.4) is 0 Å². The van der Waals surface area contributed by atoms with Crippen LogP contribution < -0.4 is 0 Å². The minimum absolute atomic E-state index is 3.03. The Kier molecular flexibility index (Phi) is 6.36. The normalized spacial score (nSPS) is 16.5. The second-order valence-electron chi connectivity index (χ2n) is 5.23. The van der Waals surface area contributed by atoms with Crippen LogP contribution in [0.15, 0.2) is 0 Å². The summed E-state index contributed by atoms with van der Waals surface area (Å²) in [4.78, 5) is 0. The summed E-state index contributed by atoms with van der Waals surface area (Å²) in [5, 5.41) is 7.44. The van der Waals surface area contributed by atoms with Crippen LogP contribution in [0.4, 0.5) is 74.6 Å². The maximum absolute atomic E-state index is 13.1. The molecule has 0 unspecified atom stereocenters. The third-order valence-electron chi connectivity index (χ3n) is 3.14. The van der Waals surface area contributed by atoms with Gasteiger partial charge in [-0.15, -0.1) is 0 Å². The molecule has 0 bridgehead atoms. The van der Waals surface area contributed by atoms with Gasteiger partial charge in [-0.1, -0.05) is 0 Å². The first-order valence-corrected chi connectivity index (χ1v) is 6.14. The molecule has 0 aliphatic heterocycles. The van der Waals surface area contributed by atoms with Crippen LogP contribution in [0.5, 0.6) is 0 Å². The summed E-state index contributed by atoms with van der Waals surface area (Å²) in [5.41, 5.74) is 0. The van der Waals surface area contributed by atoms with Crippen molar-refractivity contribution in [3.05, 3.63) is 0 Å². The average Bonchev–Trinajstić information content (AvgIpc) is 2.42. The Hall–Kier alpha value is -1.23. The van der Waals surface area contributed by atoms with Crippen molar-refractivity contribution in [3.8, 4) is 0 Å². The molecule has 0 aromatic heterocycles. The topological polar surface area (TPSA) is 20.2 Å². The van der Waals surface area contributed by atoms with Crippen molar-refractivity contribution >= 4 is 0 Å². The number of aliphatic hydroxyl groups is 1. The highest BCUT2D eigenvalue weighted by Crippen LogP contribution is 2.62. The zero-order valence-electron chi connectivity index (χ0n) is 12.3. The summed E-state index contributed by atoms with van der Waals surface area (Å²) in [6.07, 6.45) is -19.4. The molecule has 28 heavy (non-hydrogen) atoms. The van der Waals surface area contributed by atoms with Crippen LogP contribution in [0.25, 0.3) is 0 Å². The Morgan fingerprint density at radius 2 is 0.679 bits per heavy atom. The summed E-state index contributed by atoms with van der Waals surface area (Å²) in [7, 11) is 0. The Morgan fingerprint density at radius 1 is 0.393 bits per heavy atom. The lowest BCUT2D eigenvalue weighted by molar-refractivity contribution is -0.462. The first-order chi connectivity index (χ1) is 11.7. The van der Waals surface area contributed by atoms with Gasteiger partial charge in [0.25, 0.3) is 0 Å². The van der Waals surface area contributed by atoms with E-state index in [1.54, 1.807) is 0 Å². The molecule has 0 rings (SSSR count). The van der Waals surface area contributed by atoms with Crippen molar-refractivity contribution < 1.29 is 79.7 Å². The molecule has 0 aliphatic rings. The monoisotopic (exact) mass is 464 g/mol. The van der Waals surface area contributed by atoms with Gasteiger partial charge in [0, 0.05) is 12.8 Å². The lowest BCUT2D eigenvalue weighted by atomic mass is 9.89. The van der Waals surface area contributed by atoms with Gasteiger partial charge in [0.2, 0.25) is 0 Å². The minimum atomic E-state index is -8.42. The van der Waals surface area contributed by atoms with Gasteiger partial charge in [-0.05, 0) is 0 Å². The molecule has 0 fully saturated rings. The highest BCUT2D eigenvalue weighted by molar-refractivity contribution is 5.12. The van der Waals surface area contributed by atoms with Crippen molar-refractivity contribution in [1.29, 1.82) is 0 Å². The van der Waals surface area contributed by atoms with Crippen LogP contribution in [-0.4, -0.2) is 52.9 Å². The molecule has 18 heteroatoms. The fraction of sp³-hybridized carbons (Fsp3) is 1.00. The van der Waals surface area contributed by atoms with Crippen LogP contribution >= 0.6 is 0 Å². The summed E-state index contributed by atoms with van der Waals surface area (Å²) in [6.45, 7) is 0. The molecule has 0 saturated heterocycles. The number of hydrogen-bond acceptors (Lipinski definition) is 1. The van der Waals surface area contributed by atoms with Gasteiger partial charge in [0.15, 0.2) is 0 Å². The number of halogens is 17. The lowest BCUT2D eigenvalue weighted by Gasteiger charge is -2.41. The maximum Gasteiger partial charge on any atom is 0.423 e. The molecule has 170 valence electrons. The van der Waals surface area contributed by atoms with E-state index in [1.807, 2.05) is 0 Å². The second kappa shape index (κ2) is 6.65. The van der Waals surface area contributed by atoms with Gasteiger partial charge in [0.05, 0.1) is 0 Å². The Morgan fingerprint density at radius 3 is 0.964 bits per heavy atom. The highest BCUT2D eigenvalue weighted by atomic mass is 19.4. The molecule has 0 aromatic carbocycles. The smallest absolute Gasteiger partial charge is 0.331 e. The van der Waals surface area contributed by atoms with E-state index in [2.05, 4.69) is 0 Å². The third kappa shape index (κ3) is 3.92. The Balaban J connectivity index is 6.32. The summed E-state index contributed by atoms with van der Waals surface area (Å²) in [5.74, 6) is -47.6. The van der Waals surface area contributed by atoms with Gasteiger partial charge < -0.3 is 5.11 Å². The van der Waals surface area contributed by atoms with Gasteiger partial charge >= 0.3 is 47.8 Å². The maximum atomic E-state index is 13.1. The number of rotatable bonds is 8. The van der Waals surface area contributed by atoms with Crippen LogP contribution in [-0.2, 0) is 0 Å². The largest absolute Gasteiger partial charge is 0.423 e. The van der Waals surface area contributed by atoms with E-state index in [0.29, 0.717) is 0 Å². The van der Waals surface area contributed by atoms with Crippen molar-refractivity contribution in [1.82, 2.24) is 0 Å². The molecule has 0 spiro atoms. The first kappa shape index (κ1) is 26.8. The van der Waals surface area contributed by atoms with E-state index in [-0.39, 0.29) is 0 Å². The predicted octanol–water partition coefficient (Wildman–Crippen LogP) is 5.73. The van der Waals surface area contributed by atoms with Crippen LogP contribution in [0.1, 0.15) is 12.8 Å². The molecule has 0 amide bonds. The SMILES string of the molecule is OC(F)(F)C(F)(F)C(F)(F)C(F)(F)C(F)(F)C(F)(F)C(F)(F)CCC(F)(F)F. The number of alkyl halides is 17. The molecule has 0 atom stereocenters. The predicted molar refractivity (Wildman–Crippen MR) is 52.1 cm³/mol. The molecule has 0 heterocycles. The highest BCUT2D eigenvalue weighted by Gasteiger charge is 2.92. The molecule has 1 N–H and O–H groups in total. The summed E-state index contributed by atoms with van der Waals surface area (Å²) < 4.78 is 215. The molecule has 0 aliphatic carbocycles. The first-order valence-electron chi connectivity index (χ1n) is 6.14. The zero-order chi connectivity index (χ0) is 23.4. The van der Waals surface area contributed by atoms with Crippen molar-refractivity contribution in [2.75, 3.05) is 0 Å². The van der Waals surface area contributed by atoms with E-state index in [0.717, 1.165) is 0 Å². The molecule has 1 nitrogen and oxygen atoms in total. The quantitative estimate of drug-likeness (QED) is 0.456. The zero-order valence-corrected chi connectivity index (χ0v) is 12.3. The minimum Gasteiger partial charge on any atom is -0.331 e. The molecular weight excluding hydrogens is 459 g/mol. The number of hydrogen-bond donors (Lipinski definition) is 1. The van der Waals surface area contributed by atoms with Gasteiger partial charge in [0.1, 0.15) is 0 Å². The van der Waals surface area contributed by atoms with Crippen molar-refractivity contribution in [2.24, 2.45) is 0 Å². The van der Waals surface area contributed by atoms with Gasteiger partial charge in [-0.3, -0.25) is 0 Å². The van der Waals surface area contributed by atoms with Gasteiger partial charge in [-0.25, -0.2) is 0 Å². The lowest BCUT2D eigenvalue weighted by Crippen LogP contribution is -2.73. The van der Waals surface area contributed by atoms with E-state index in [9.17, 15) is 74.6 Å². The third-order valence-corrected chi connectivity index (χ3v) is 3.14. The van der Waals surface area contributed by atoms with Gasteiger partial charge in [-0.2, -0.15) is 74.6 Å². The fourth-order valence-corrected chi connectivity index (χ4v) is 1.47. The average molecular weight is 464 g/mol. The van der Waals surface area contributed by atoms with Crippen molar-refractivity contribution in [2.45, 2.75) is 60.7 Å². The molecular formula is C10H5F17O. The molecule has 0 saturated carbocycles. The van der Waals surface area contributed by atoms with E-state index in [1.165, 1.54) is 0 Å². The fourth-order valence-electron chi connectivity index (χ4n) is 1.47. The van der Waals surface area contributed by atoms with Crippen LogP contribution in [0, 0.1) is 0 Å². The van der Waals surface area contributed by atoms with E-state index in [4.69, 9.17) is 5.11 Å². The van der Waals surface area contributed by atoms with Crippen LogP contribution in [0.2, 0.25) is 0 Å². The molecule has 0 radical (unpaired) electrons. The summed E-state index contributed by atoms with van der Waals surface area (Å²) in [6, 6.07) is 0. The van der Waals surface area contributed by atoms with E-state index < -0.39 is 60.7 Å². The standard InChI is InChI=1S/C10H5F17O/c11-3(12,1-2-4(13,14)15)5(16,17)6(18,19)7(20,21)8(22,23)9(24,25)10(26,27)28/h28H,1-2H2. The Bertz CT molecular complexity index is 553. The Labute approximate surface area is 142 Å². The molecule has 0 aromatic rings. The van der Waals surface area contributed by atoms with E-state index >= 15 is 0 Å². The summed E-state index contributed by atoms with van der Waals surface area (Å²) >= 11 is 0. The second-order valence-corrected chi connectivity index (χ2v) is 5.23.